The molecule has 0 bridgehead atoms. The summed E-state index contributed by atoms with van der Waals surface area (Å²) in [5.41, 5.74) is 0.514. The highest BCUT2D eigenvalue weighted by Crippen LogP contribution is 2.44. The van der Waals surface area contributed by atoms with E-state index in [2.05, 4.69) is 47.3 Å². The highest BCUT2D eigenvalue weighted by atomic mass is 14.4. The van der Waals surface area contributed by atoms with Crippen LogP contribution in [0, 0.1) is 29.1 Å². The van der Waals surface area contributed by atoms with Crippen LogP contribution in [-0.2, 0) is 0 Å². The van der Waals surface area contributed by atoms with Crippen LogP contribution in [0.4, 0.5) is 0 Å². The Morgan fingerprint density at radius 1 is 1.29 bits per heavy atom. The molecule has 1 rings (SSSR count). The van der Waals surface area contributed by atoms with Crippen molar-refractivity contribution in [3.8, 4) is 0 Å². The Kier molecular flexibility index (Phi) is 5.28. The molecule has 4 unspecified atom stereocenters. The summed E-state index contributed by atoms with van der Waals surface area (Å²) < 4.78 is 0. The van der Waals surface area contributed by atoms with Crippen molar-refractivity contribution in [2.45, 2.75) is 66.7 Å². The molecule has 0 amide bonds. The smallest absolute Gasteiger partial charge is 0.0213 e. The minimum absolute atomic E-state index is 0.514. The third-order valence-electron chi connectivity index (χ3n) is 4.98. The van der Waals surface area contributed by atoms with Crippen LogP contribution < -0.4 is 0 Å². The predicted octanol–water partition coefficient (Wildman–Crippen LogP) is 5.69. The average Bonchev–Trinajstić information content (AvgIpc) is 2.67. The molecule has 0 nitrogen and oxygen atoms in total. The molecule has 100 valence electrons. The van der Waals surface area contributed by atoms with Crippen molar-refractivity contribution >= 4 is 0 Å². The lowest BCUT2D eigenvalue weighted by Crippen LogP contribution is -2.18. The van der Waals surface area contributed by atoms with Crippen molar-refractivity contribution < 1.29 is 0 Å². The van der Waals surface area contributed by atoms with Gasteiger partial charge in [-0.15, -0.1) is 6.58 Å². The van der Waals surface area contributed by atoms with Crippen molar-refractivity contribution in [2.75, 3.05) is 0 Å². The normalized spacial score (nSPS) is 29.0. The second-order valence-corrected chi connectivity index (χ2v) is 7.26. The van der Waals surface area contributed by atoms with Gasteiger partial charge in [0.05, 0.1) is 0 Å². The third-order valence-corrected chi connectivity index (χ3v) is 4.98. The molecule has 0 aromatic heterocycles. The minimum atomic E-state index is 0.514. The summed E-state index contributed by atoms with van der Waals surface area (Å²) in [4.78, 5) is 0. The number of allylic oxidation sites excluding steroid dienone is 1. The van der Waals surface area contributed by atoms with E-state index in [1.54, 1.807) is 0 Å². The first-order chi connectivity index (χ1) is 7.88. The lowest BCUT2D eigenvalue weighted by Gasteiger charge is -2.28. The molecule has 0 heteroatoms. The Morgan fingerprint density at radius 2 is 1.94 bits per heavy atom. The molecule has 1 aliphatic rings. The average molecular weight is 236 g/mol. The van der Waals surface area contributed by atoms with Crippen molar-refractivity contribution in [2.24, 2.45) is 29.1 Å². The molecule has 0 aromatic rings. The first kappa shape index (κ1) is 14.8. The molecule has 0 aromatic carbocycles. The first-order valence-electron chi connectivity index (χ1n) is 7.51. The second kappa shape index (κ2) is 6.07. The Hall–Kier alpha value is -0.260. The van der Waals surface area contributed by atoms with E-state index >= 15 is 0 Å². The van der Waals surface area contributed by atoms with Gasteiger partial charge in [0.25, 0.3) is 0 Å². The van der Waals surface area contributed by atoms with E-state index in [1.165, 1.54) is 32.1 Å². The molecule has 1 aliphatic carbocycles. The van der Waals surface area contributed by atoms with Crippen LogP contribution in [0.5, 0.6) is 0 Å². The van der Waals surface area contributed by atoms with Crippen LogP contribution >= 0.6 is 0 Å². The van der Waals surface area contributed by atoms with E-state index in [1.807, 2.05) is 0 Å². The van der Waals surface area contributed by atoms with Gasteiger partial charge in [-0.05, 0) is 54.8 Å². The van der Waals surface area contributed by atoms with Gasteiger partial charge in [-0.2, -0.15) is 0 Å². The quantitative estimate of drug-likeness (QED) is 0.538. The highest BCUT2D eigenvalue weighted by molar-refractivity contribution is 4.87. The van der Waals surface area contributed by atoms with Crippen molar-refractivity contribution in [1.29, 1.82) is 0 Å². The van der Waals surface area contributed by atoms with Gasteiger partial charge < -0.3 is 0 Å². The Morgan fingerprint density at radius 3 is 2.35 bits per heavy atom. The zero-order chi connectivity index (χ0) is 13.1. The number of rotatable bonds is 5. The van der Waals surface area contributed by atoms with Crippen molar-refractivity contribution in [3.05, 3.63) is 12.7 Å². The van der Waals surface area contributed by atoms with Gasteiger partial charge in [0.15, 0.2) is 0 Å². The highest BCUT2D eigenvalue weighted by Gasteiger charge is 2.33. The Bertz CT molecular complexity index is 233. The fraction of sp³-hybridized carbons (Fsp3) is 0.882. The van der Waals surface area contributed by atoms with E-state index in [0.717, 1.165) is 23.7 Å². The van der Waals surface area contributed by atoms with E-state index < -0.39 is 0 Å². The molecule has 0 aliphatic heterocycles. The molecule has 1 fully saturated rings. The van der Waals surface area contributed by atoms with E-state index in [-0.39, 0.29) is 0 Å². The van der Waals surface area contributed by atoms with Crippen LogP contribution in [0.1, 0.15) is 66.7 Å². The van der Waals surface area contributed by atoms with Crippen molar-refractivity contribution in [3.63, 3.8) is 0 Å². The first-order valence-corrected chi connectivity index (χ1v) is 7.51. The van der Waals surface area contributed by atoms with Crippen LogP contribution in [-0.4, -0.2) is 0 Å². The van der Waals surface area contributed by atoms with Crippen LogP contribution in [0.15, 0.2) is 12.7 Å². The maximum absolute atomic E-state index is 3.98. The zero-order valence-electron chi connectivity index (χ0n) is 12.6. The lowest BCUT2D eigenvalue weighted by atomic mass is 9.78. The Labute approximate surface area is 109 Å². The van der Waals surface area contributed by atoms with Gasteiger partial charge in [-0.25, -0.2) is 0 Å². The van der Waals surface area contributed by atoms with Gasteiger partial charge in [0.2, 0.25) is 0 Å². The van der Waals surface area contributed by atoms with Gasteiger partial charge >= 0.3 is 0 Å². The van der Waals surface area contributed by atoms with E-state index in [4.69, 9.17) is 0 Å². The number of hydrogen-bond acceptors (Lipinski definition) is 0. The maximum Gasteiger partial charge on any atom is -0.0213 e. The predicted molar refractivity (Wildman–Crippen MR) is 78.0 cm³/mol. The summed E-state index contributed by atoms with van der Waals surface area (Å²) in [5.74, 6) is 3.47. The van der Waals surface area contributed by atoms with Crippen LogP contribution in [0.3, 0.4) is 0 Å². The summed E-state index contributed by atoms with van der Waals surface area (Å²) in [5, 5.41) is 0. The van der Waals surface area contributed by atoms with Crippen LogP contribution in [0.25, 0.3) is 0 Å². The molecule has 1 saturated carbocycles. The maximum atomic E-state index is 3.98. The van der Waals surface area contributed by atoms with Gasteiger partial charge in [0, 0.05) is 0 Å². The lowest BCUT2D eigenvalue weighted by molar-refractivity contribution is 0.230. The second-order valence-electron chi connectivity index (χ2n) is 7.26. The Balaban J connectivity index is 2.42. The summed E-state index contributed by atoms with van der Waals surface area (Å²) in [6.07, 6.45) is 9.20. The summed E-state index contributed by atoms with van der Waals surface area (Å²) >= 11 is 0. The molecular weight excluding hydrogens is 204 g/mol. The molecular formula is C17H32. The van der Waals surface area contributed by atoms with Gasteiger partial charge in [0.1, 0.15) is 0 Å². The molecule has 17 heavy (non-hydrogen) atoms. The molecule has 0 saturated heterocycles. The van der Waals surface area contributed by atoms with E-state index in [9.17, 15) is 0 Å². The third kappa shape index (κ3) is 4.16. The topological polar surface area (TPSA) is 0 Å². The van der Waals surface area contributed by atoms with Crippen LogP contribution in [0.2, 0.25) is 0 Å². The molecule has 0 radical (unpaired) electrons. The van der Waals surface area contributed by atoms with E-state index in [0.29, 0.717) is 5.41 Å². The fourth-order valence-electron chi connectivity index (χ4n) is 3.58. The molecule has 0 N–H and O–H groups in total. The standard InChI is InChI=1S/C17H32/c1-7-15(8-2)13(3)11-14-9-10-16(12-14)17(4,5)6/h7,13-16H,1,8-12H2,2-6H3. The molecule has 0 heterocycles. The fourth-order valence-corrected chi connectivity index (χ4v) is 3.58. The summed E-state index contributed by atoms with van der Waals surface area (Å²) in [6.45, 7) is 15.9. The summed E-state index contributed by atoms with van der Waals surface area (Å²) in [6, 6.07) is 0. The SMILES string of the molecule is C=CC(CC)C(C)CC1CCC(C(C)(C)C)C1. The van der Waals surface area contributed by atoms with Gasteiger partial charge in [-0.1, -0.05) is 47.1 Å². The largest absolute Gasteiger partial charge is 0.103 e. The monoisotopic (exact) mass is 236 g/mol. The zero-order valence-corrected chi connectivity index (χ0v) is 12.6. The molecule has 4 atom stereocenters. The molecule has 0 spiro atoms. The van der Waals surface area contributed by atoms with Crippen molar-refractivity contribution in [1.82, 2.24) is 0 Å². The summed E-state index contributed by atoms with van der Waals surface area (Å²) in [7, 11) is 0. The van der Waals surface area contributed by atoms with Gasteiger partial charge in [-0.3, -0.25) is 0 Å². The number of hydrogen-bond donors (Lipinski definition) is 0. The minimum Gasteiger partial charge on any atom is -0.103 e.